The van der Waals surface area contributed by atoms with Crippen LogP contribution in [0.4, 0.5) is 4.79 Å². The second-order valence-corrected chi connectivity index (χ2v) is 7.52. The summed E-state index contributed by atoms with van der Waals surface area (Å²) in [5.41, 5.74) is 7.47. The third-order valence-corrected chi connectivity index (χ3v) is 3.63. The van der Waals surface area contributed by atoms with Crippen LogP contribution in [-0.4, -0.2) is 68.1 Å². The molecule has 1 amide bonds. The molecule has 0 bridgehead atoms. The van der Waals surface area contributed by atoms with Crippen LogP contribution in [0.2, 0.25) is 0 Å². The second kappa shape index (κ2) is 10.9. The topological polar surface area (TPSA) is 205 Å². The zero-order chi connectivity index (χ0) is 22.9. The first-order chi connectivity index (χ1) is 13.9. The summed E-state index contributed by atoms with van der Waals surface area (Å²) < 4.78 is 6.38. The van der Waals surface area contributed by atoms with Crippen LogP contribution in [0.15, 0.2) is 12.5 Å². The molecule has 0 aromatic carbocycles. The van der Waals surface area contributed by atoms with E-state index in [1.165, 1.54) is 17.2 Å². The van der Waals surface area contributed by atoms with Crippen molar-refractivity contribution < 1.29 is 29.3 Å². The Kier molecular flexibility index (Phi) is 8.89. The number of hydrogen-bond acceptors (Lipinski definition) is 7. The largest absolute Gasteiger partial charge is 0.480 e. The van der Waals surface area contributed by atoms with Gasteiger partial charge in [-0.25, -0.2) is 19.4 Å². The van der Waals surface area contributed by atoms with E-state index in [9.17, 15) is 24.6 Å². The van der Waals surface area contributed by atoms with E-state index < -0.39 is 35.7 Å². The van der Waals surface area contributed by atoms with Crippen molar-refractivity contribution in [3.63, 3.8) is 0 Å². The first kappa shape index (κ1) is 24.5. The lowest BCUT2D eigenvalue weighted by atomic mass is 10.1. The summed E-state index contributed by atoms with van der Waals surface area (Å²) in [5.74, 6) is -2.53. The van der Waals surface area contributed by atoms with Gasteiger partial charge >= 0.3 is 18.0 Å². The van der Waals surface area contributed by atoms with E-state index in [1.807, 2.05) is 0 Å². The van der Waals surface area contributed by atoms with E-state index in [2.05, 4.69) is 21.0 Å². The molecule has 168 valence electrons. The molecule has 8 N–H and O–H groups in total. The van der Waals surface area contributed by atoms with Gasteiger partial charge in [0.05, 0.1) is 5.69 Å². The molecule has 13 heteroatoms. The lowest BCUT2D eigenvalue weighted by Gasteiger charge is -2.21. The number of guanidine groups is 1. The number of carbonyl (C=O) groups is 3. The van der Waals surface area contributed by atoms with Gasteiger partial charge in [-0.2, -0.15) is 0 Å². The molecule has 1 rings (SSSR count). The quantitative estimate of drug-likeness (QED) is 0.139. The summed E-state index contributed by atoms with van der Waals surface area (Å²) >= 11 is 0. The maximum absolute atomic E-state index is 11.8. The molecular weight excluding hydrogens is 398 g/mol. The van der Waals surface area contributed by atoms with Crippen molar-refractivity contribution in [2.75, 3.05) is 12.0 Å². The van der Waals surface area contributed by atoms with Gasteiger partial charge in [0.25, 0.3) is 0 Å². The van der Waals surface area contributed by atoms with E-state index in [-0.39, 0.29) is 18.8 Å². The average molecular weight is 427 g/mol. The lowest BCUT2D eigenvalue weighted by Crippen LogP contribution is -2.44. The Morgan fingerprint density at radius 2 is 1.90 bits per heavy atom. The van der Waals surface area contributed by atoms with Crippen LogP contribution < -0.4 is 21.8 Å². The lowest BCUT2D eigenvalue weighted by molar-refractivity contribution is -0.140. The highest BCUT2D eigenvalue weighted by Gasteiger charge is 2.25. The molecule has 0 spiro atoms. The number of alkyl carbamates (subject to hydrolysis) is 1. The van der Waals surface area contributed by atoms with Crippen LogP contribution in [0.3, 0.4) is 0 Å². The summed E-state index contributed by atoms with van der Waals surface area (Å²) in [6.45, 7) is 5.33. The number of ether oxygens (including phenoxy) is 1. The number of nitrogens with zero attached hydrogens (tertiary/aromatic N) is 2. The fourth-order valence-corrected chi connectivity index (χ4v) is 2.35. The van der Waals surface area contributed by atoms with Crippen LogP contribution in [0, 0.1) is 5.41 Å². The maximum atomic E-state index is 11.8. The van der Waals surface area contributed by atoms with Gasteiger partial charge in [0.15, 0.2) is 5.96 Å². The van der Waals surface area contributed by atoms with Crippen molar-refractivity contribution in [2.24, 2.45) is 5.73 Å². The summed E-state index contributed by atoms with van der Waals surface area (Å²) in [6, 6.07) is -2.20. The Morgan fingerprint density at radius 1 is 1.27 bits per heavy atom. The van der Waals surface area contributed by atoms with E-state index in [1.54, 1.807) is 20.8 Å². The highest BCUT2D eigenvalue weighted by Crippen LogP contribution is 2.08. The number of hydrogen-bond donors (Lipinski definition) is 7. The van der Waals surface area contributed by atoms with Crippen LogP contribution in [-0.2, 0) is 20.7 Å². The smallest absolute Gasteiger partial charge is 0.408 e. The van der Waals surface area contributed by atoms with Crippen LogP contribution in [0.5, 0.6) is 0 Å². The molecule has 0 saturated heterocycles. The minimum absolute atomic E-state index is 0.122. The maximum Gasteiger partial charge on any atom is 0.408 e. The average Bonchev–Trinajstić information content (AvgIpc) is 3.02. The molecule has 1 aromatic heterocycles. The first-order valence-electron chi connectivity index (χ1n) is 9.20. The number of rotatable bonds is 11. The van der Waals surface area contributed by atoms with Crippen molar-refractivity contribution in [1.82, 2.24) is 20.3 Å². The van der Waals surface area contributed by atoms with Crippen molar-refractivity contribution in [3.05, 3.63) is 18.2 Å². The van der Waals surface area contributed by atoms with E-state index in [0.29, 0.717) is 18.7 Å². The van der Waals surface area contributed by atoms with Gasteiger partial charge in [0.2, 0.25) is 0 Å². The number of carbonyl (C=O) groups excluding carboxylic acids is 1. The van der Waals surface area contributed by atoms with Crippen molar-refractivity contribution in [3.8, 4) is 0 Å². The standard InChI is InChI=1S/C17H29N7O6/c1-17(2,3)30-16(29)22-12(14(27)28)7-10-8-24(9-21-10)23-11(13(25)26)5-4-6-20-15(18)19/h8-9,11-12,23H,4-7H2,1-3H3,(H,22,29)(H,25,26)(H,27,28)(H4,18,19,20)/t11-,12-/m0/s1. The molecule has 1 aromatic rings. The number of carboxylic acids is 2. The molecule has 0 aliphatic heterocycles. The van der Waals surface area contributed by atoms with Crippen molar-refractivity contribution >= 4 is 24.0 Å². The number of amides is 1. The highest BCUT2D eigenvalue weighted by molar-refractivity contribution is 5.80. The zero-order valence-electron chi connectivity index (χ0n) is 17.1. The number of carboxylic acid groups (broad SMARTS) is 2. The van der Waals surface area contributed by atoms with Gasteiger partial charge in [0.1, 0.15) is 24.0 Å². The number of nitrogens with two attached hydrogens (primary N) is 1. The van der Waals surface area contributed by atoms with Gasteiger partial charge in [-0.05, 0) is 33.6 Å². The molecule has 1 heterocycles. The predicted molar refractivity (Wildman–Crippen MR) is 107 cm³/mol. The molecule has 0 aliphatic rings. The third-order valence-electron chi connectivity index (χ3n) is 3.63. The Balaban J connectivity index is 2.67. The molecule has 0 aliphatic carbocycles. The number of imidazole rings is 1. The fourth-order valence-electron chi connectivity index (χ4n) is 2.35. The predicted octanol–water partition coefficient (Wildman–Crippen LogP) is -0.337. The molecular formula is C17H29N7O6. The second-order valence-electron chi connectivity index (χ2n) is 7.52. The third kappa shape index (κ3) is 9.61. The van der Waals surface area contributed by atoms with Gasteiger partial charge in [-0.15, -0.1) is 0 Å². The number of nitrogens with one attached hydrogen (secondary N) is 4. The summed E-state index contributed by atoms with van der Waals surface area (Å²) in [5, 5.41) is 30.6. The van der Waals surface area contributed by atoms with Gasteiger partial charge in [-0.1, -0.05) is 0 Å². The molecule has 2 atom stereocenters. The summed E-state index contributed by atoms with van der Waals surface area (Å²) in [4.78, 5) is 38.7. The summed E-state index contributed by atoms with van der Waals surface area (Å²) in [6.07, 6.45) is 2.47. The monoisotopic (exact) mass is 427 g/mol. The van der Waals surface area contributed by atoms with Crippen molar-refractivity contribution in [1.29, 1.82) is 5.41 Å². The van der Waals surface area contributed by atoms with E-state index in [4.69, 9.17) is 15.9 Å². The minimum atomic E-state index is -1.27. The van der Waals surface area contributed by atoms with Crippen LogP contribution >= 0.6 is 0 Å². The Morgan fingerprint density at radius 3 is 2.43 bits per heavy atom. The number of aliphatic carboxylic acids is 2. The molecule has 0 radical (unpaired) electrons. The zero-order valence-corrected chi connectivity index (χ0v) is 17.1. The highest BCUT2D eigenvalue weighted by atomic mass is 16.6. The number of aromatic nitrogens is 2. The normalized spacial score (nSPS) is 13.0. The van der Waals surface area contributed by atoms with Gasteiger partial charge in [0, 0.05) is 19.2 Å². The van der Waals surface area contributed by atoms with Gasteiger partial charge < -0.3 is 36.7 Å². The molecule has 0 unspecified atom stereocenters. The molecule has 13 nitrogen and oxygen atoms in total. The first-order valence-corrected chi connectivity index (χ1v) is 9.20. The summed E-state index contributed by atoms with van der Waals surface area (Å²) in [7, 11) is 0. The van der Waals surface area contributed by atoms with Crippen molar-refractivity contribution in [2.45, 2.75) is 57.7 Å². The minimum Gasteiger partial charge on any atom is -0.480 e. The fraction of sp³-hybridized carbons (Fsp3) is 0.588. The molecule has 0 saturated carbocycles. The Labute approximate surface area is 173 Å². The van der Waals surface area contributed by atoms with E-state index >= 15 is 0 Å². The Bertz CT molecular complexity index is 758. The van der Waals surface area contributed by atoms with Crippen LogP contribution in [0.25, 0.3) is 0 Å². The van der Waals surface area contributed by atoms with E-state index in [0.717, 1.165) is 0 Å². The molecule has 30 heavy (non-hydrogen) atoms. The SMILES string of the molecule is CC(C)(C)OC(=O)N[C@@H](Cc1cn(N[C@@H](CCCNC(=N)N)C(=O)O)cn1)C(=O)O. The molecule has 0 fully saturated rings. The Hall–Kier alpha value is -3.51. The van der Waals surface area contributed by atoms with Crippen LogP contribution in [0.1, 0.15) is 39.3 Å². The van der Waals surface area contributed by atoms with Gasteiger partial charge in [-0.3, -0.25) is 10.1 Å².